The molecule has 2 aromatic carbocycles. The Morgan fingerprint density at radius 2 is 1.94 bits per heavy atom. The topological polar surface area (TPSA) is 67.5 Å². The number of fused-ring (bicyclic) bond motifs is 1. The zero-order chi connectivity index (χ0) is 22.7. The highest BCUT2D eigenvalue weighted by atomic mass is 16.4. The summed E-state index contributed by atoms with van der Waals surface area (Å²) in [5, 5.41) is 3.12. The zero-order valence-corrected chi connectivity index (χ0v) is 19.3. The number of urea groups is 1. The summed E-state index contributed by atoms with van der Waals surface area (Å²) < 4.78 is 6.89. The molecule has 3 aromatic rings. The molecule has 4 rings (SSSR count). The fraction of sp³-hybridized carbons (Fsp3) is 0.462. The van der Waals surface area contributed by atoms with Gasteiger partial charge in [0.05, 0.1) is 5.52 Å². The SMILES string of the molecule is Cn1c(=O)oc2cc(C3CCN(C(=O)NCCCCc4ccccc4)C(C)(C)C3)ccc21. The Morgan fingerprint density at radius 3 is 2.69 bits per heavy atom. The van der Waals surface area contributed by atoms with Crippen LogP contribution in [0.3, 0.4) is 0 Å². The highest BCUT2D eigenvalue weighted by molar-refractivity contribution is 5.75. The summed E-state index contributed by atoms with van der Waals surface area (Å²) in [6.07, 6.45) is 4.84. The first-order valence-corrected chi connectivity index (χ1v) is 11.5. The van der Waals surface area contributed by atoms with Gasteiger partial charge in [0.2, 0.25) is 0 Å². The summed E-state index contributed by atoms with van der Waals surface area (Å²) in [6, 6.07) is 16.5. The third-order valence-corrected chi connectivity index (χ3v) is 6.72. The van der Waals surface area contributed by atoms with Gasteiger partial charge in [0.25, 0.3) is 0 Å². The Balaban J connectivity index is 1.30. The van der Waals surface area contributed by atoms with Gasteiger partial charge in [0.1, 0.15) is 0 Å². The number of hydrogen-bond acceptors (Lipinski definition) is 3. The van der Waals surface area contributed by atoms with Gasteiger partial charge in [-0.15, -0.1) is 0 Å². The largest absolute Gasteiger partial charge is 0.419 e. The molecule has 0 aliphatic carbocycles. The molecule has 6 nitrogen and oxygen atoms in total. The first-order valence-electron chi connectivity index (χ1n) is 11.5. The van der Waals surface area contributed by atoms with Crippen LogP contribution in [0.5, 0.6) is 0 Å². The Bertz CT molecular complexity index is 1130. The van der Waals surface area contributed by atoms with E-state index < -0.39 is 0 Å². The molecule has 170 valence electrons. The fourth-order valence-electron chi connectivity index (χ4n) is 4.86. The van der Waals surface area contributed by atoms with E-state index in [0.717, 1.165) is 37.6 Å². The van der Waals surface area contributed by atoms with E-state index in [9.17, 15) is 9.59 Å². The van der Waals surface area contributed by atoms with Gasteiger partial charge in [0.15, 0.2) is 5.58 Å². The van der Waals surface area contributed by atoms with Crippen molar-refractivity contribution < 1.29 is 9.21 Å². The lowest BCUT2D eigenvalue weighted by Gasteiger charge is -2.45. The number of aromatic nitrogens is 1. The lowest BCUT2D eigenvalue weighted by atomic mass is 9.79. The number of rotatable bonds is 6. The summed E-state index contributed by atoms with van der Waals surface area (Å²) in [4.78, 5) is 26.6. The molecule has 1 N–H and O–H groups in total. The molecule has 32 heavy (non-hydrogen) atoms. The van der Waals surface area contributed by atoms with Gasteiger partial charge >= 0.3 is 11.8 Å². The predicted octanol–water partition coefficient (Wildman–Crippen LogP) is 4.82. The average molecular weight is 436 g/mol. The lowest BCUT2D eigenvalue weighted by Crippen LogP contribution is -2.55. The van der Waals surface area contributed by atoms with Crippen molar-refractivity contribution in [2.75, 3.05) is 13.1 Å². The molecule has 6 heteroatoms. The van der Waals surface area contributed by atoms with Crippen LogP contribution in [-0.4, -0.2) is 34.1 Å². The number of piperidine rings is 1. The summed E-state index contributed by atoms with van der Waals surface area (Å²) in [5.74, 6) is -0.0115. The second-order valence-corrected chi connectivity index (χ2v) is 9.48. The summed E-state index contributed by atoms with van der Waals surface area (Å²) in [6.45, 7) is 5.68. The molecular formula is C26H33N3O3. The van der Waals surface area contributed by atoms with Crippen LogP contribution in [0.25, 0.3) is 11.1 Å². The van der Waals surface area contributed by atoms with Crippen LogP contribution >= 0.6 is 0 Å². The van der Waals surface area contributed by atoms with E-state index in [1.165, 1.54) is 15.7 Å². The van der Waals surface area contributed by atoms with Gasteiger partial charge in [-0.25, -0.2) is 9.59 Å². The summed E-state index contributed by atoms with van der Waals surface area (Å²) in [7, 11) is 1.72. The molecule has 1 aliphatic rings. The summed E-state index contributed by atoms with van der Waals surface area (Å²) >= 11 is 0. The number of nitrogens with one attached hydrogen (secondary N) is 1. The van der Waals surface area contributed by atoms with Crippen molar-refractivity contribution in [1.29, 1.82) is 0 Å². The average Bonchev–Trinajstić information content (AvgIpc) is 3.06. The van der Waals surface area contributed by atoms with Gasteiger partial charge < -0.3 is 14.6 Å². The number of nitrogens with zero attached hydrogens (tertiary/aromatic N) is 2. The molecule has 1 saturated heterocycles. The third-order valence-electron chi connectivity index (χ3n) is 6.72. The van der Waals surface area contributed by atoms with Crippen LogP contribution in [0, 0.1) is 0 Å². The van der Waals surface area contributed by atoms with Crippen molar-refractivity contribution in [2.45, 2.75) is 57.4 Å². The highest BCUT2D eigenvalue weighted by Gasteiger charge is 2.38. The van der Waals surface area contributed by atoms with E-state index in [2.05, 4.69) is 49.5 Å². The fourth-order valence-corrected chi connectivity index (χ4v) is 4.86. The minimum Gasteiger partial charge on any atom is -0.408 e. The van der Waals surface area contributed by atoms with E-state index in [4.69, 9.17) is 4.42 Å². The third kappa shape index (κ3) is 4.74. The zero-order valence-electron chi connectivity index (χ0n) is 19.3. The Morgan fingerprint density at radius 1 is 1.16 bits per heavy atom. The molecular weight excluding hydrogens is 402 g/mol. The van der Waals surface area contributed by atoms with Crippen molar-refractivity contribution in [3.63, 3.8) is 0 Å². The van der Waals surface area contributed by atoms with Gasteiger partial charge in [-0.2, -0.15) is 0 Å². The Kier molecular flexibility index (Phi) is 6.40. The first-order chi connectivity index (χ1) is 15.3. The predicted molar refractivity (Wildman–Crippen MR) is 127 cm³/mol. The number of amides is 2. The van der Waals surface area contributed by atoms with Crippen molar-refractivity contribution in [2.24, 2.45) is 7.05 Å². The number of aryl methyl sites for hydroxylation is 2. The number of hydrogen-bond donors (Lipinski definition) is 1. The molecule has 1 aliphatic heterocycles. The van der Waals surface area contributed by atoms with Crippen LogP contribution in [0.1, 0.15) is 56.6 Å². The smallest absolute Gasteiger partial charge is 0.408 e. The minimum absolute atomic E-state index is 0.0256. The second-order valence-electron chi connectivity index (χ2n) is 9.48. The number of carbonyl (C=O) groups excluding carboxylic acids is 1. The Labute approximate surface area is 189 Å². The highest BCUT2D eigenvalue weighted by Crippen LogP contribution is 2.38. The van der Waals surface area contributed by atoms with Gasteiger partial charge in [-0.1, -0.05) is 36.4 Å². The van der Waals surface area contributed by atoms with Crippen molar-refractivity contribution in [3.05, 3.63) is 70.2 Å². The van der Waals surface area contributed by atoms with Crippen molar-refractivity contribution >= 4 is 17.1 Å². The molecule has 0 bridgehead atoms. The first kappa shape index (κ1) is 22.2. The maximum Gasteiger partial charge on any atom is 0.419 e. The Hall–Kier alpha value is -3.02. The van der Waals surface area contributed by atoms with Crippen LogP contribution in [0.15, 0.2) is 57.7 Å². The van der Waals surface area contributed by atoms with Crippen molar-refractivity contribution in [3.8, 4) is 0 Å². The number of oxazole rings is 1. The molecule has 0 spiro atoms. The molecule has 2 heterocycles. The monoisotopic (exact) mass is 435 g/mol. The van der Waals surface area contributed by atoms with E-state index in [1.54, 1.807) is 7.05 Å². The molecule has 1 unspecified atom stereocenters. The molecule has 1 atom stereocenters. The number of likely N-dealkylation sites (tertiary alicyclic amines) is 1. The molecule has 1 fully saturated rings. The van der Waals surface area contributed by atoms with Crippen LogP contribution in [0.4, 0.5) is 4.79 Å². The van der Waals surface area contributed by atoms with Crippen molar-refractivity contribution in [1.82, 2.24) is 14.8 Å². The normalized spacial score (nSPS) is 18.1. The van der Waals surface area contributed by atoms with Gasteiger partial charge in [-0.05, 0) is 75.1 Å². The molecule has 0 saturated carbocycles. The number of unbranched alkanes of at least 4 members (excludes halogenated alkanes) is 1. The standard InChI is InChI=1S/C26H33N3O3/c1-26(2)18-21(20-12-13-22-23(17-20)32-25(31)28(22)3)14-16-29(26)24(30)27-15-8-7-11-19-9-5-4-6-10-19/h4-6,9-10,12-13,17,21H,7-8,11,14-16,18H2,1-3H3,(H,27,30). The maximum atomic E-state index is 12.9. The minimum atomic E-state index is -0.340. The molecule has 2 amide bonds. The van der Waals surface area contributed by atoms with E-state index in [-0.39, 0.29) is 17.3 Å². The lowest BCUT2D eigenvalue weighted by molar-refractivity contribution is 0.0924. The van der Waals surface area contributed by atoms with Gasteiger partial charge in [0, 0.05) is 25.7 Å². The van der Waals surface area contributed by atoms with E-state index >= 15 is 0 Å². The number of carbonyl (C=O) groups is 1. The van der Waals surface area contributed by atoms with E-state index in [1.807, 2.05) is 23.1 Å². The van der Waals surface area contributed by atoms with Crippen LogP contribution < -0.4 is 11.1 Å². The van der Waals surface area contributed by atoms with Crippen LogP contribution in [-0.2, 0) is 13.5 Å². The molecule has 1 aromatic heterocycles. The summed E-state index contributed by atoms with van der Waals surface area (Å²) in [5.41, 5.74) is 3.70. The van der Waals surface area contributed by atoms with Crippen LogP contribution in [0.2, 0.25) is 0 Å². The van der Waals surface area contributed by atoms with Gasteiger partial charge in [-0.3, -0.25) is 4.57 Å². The second kappa shape index (κ2) is 9.23. The quantitative estimate of drug-likeness (QED) is 0.565. The molecule has 0 radical (unpaired) electrons. The van der Waals surface area contributed by atoms with E-state index in [0.29, 0.717) is 24.6 Å². The number of benzene rings is 2. The maximum absolute atomic E-state index is 12.9.